The van der Waals surface area contributed by atoms with Crippen LogP contribution in [0.5, 0.6) is 0 Å². The van der Waals surface area contributed by atoms with Crippen molar-refractivity contribution in [1.29, 1.82) is 0 Å². The molecule has 2 fully saturated rings. The van der Waals surface area contributed by atoms with E-state index in [-0.39, 0.29) is 18.1 Å². The molecule has 0 spiro atoms. The summed E-state index contributed by atoms with van der Waals surface area (Å²) in [6.07, 6.45) is 1.33. The predicted octanol–water partition coefficient (Wildman–Crippen LogP) is 2.61. The van der Waals surface area contributed by atoms with Crippen molar-refractivity contribution >= 4 is 17.2 Å². The molecule has 0 bridgehead atoms. The summed E-state index contributed by atoms with van der Waals surface area (Å²) >= 11 is 1.72. The fraction of sp³-hybridized carbons (Fsp3) is 0.643. The molecular weight excluding hydrogens is 244 g/mol. The van der Waals surface area contributed by atoms with E-state index in [0.29, 0.717) is 11.3 Å². The fourth-order valence-electron chi connectivity index (χ4n) is 2.78. The van der Waals surface area contributed by atoms with Crippen LogP contribution in [0.1, 0.15) is 38.2 Å². The predicted molar refractivity (Wildman–Crippen MR) is 73.3 cm³/mol. The van der Waals surface area contributed by atoms with Crippen molar-refractivity contribution in [3.8, 4) is 0 Å². The van der Waals surface area contributed by atoms with Gasteiger partial charge >= 0.3 is 0 Å². The van der Waals surface area contributed by atoms with Gasteiger partial charge in [0.15, 0.2) is 0 Å². The molecule has 1 aliphatic heterocycles. The van der Waals surface area contributed by atoms with E-state index >= 15 is 0 Å². The lowest BCUT2D eigenvalue weighted by molar-refractivity contribution is -0.130. The van der Waals surface area contributed by atoms with Crippen LogP contribution in [0.4, 0.5) is 0 Å². The Hall–Kier alpha value is -0.870. The quantitative estimate of drug-likeness (QED) is 0.910. The SMILES string of the molecule is CC1NC(c2cccs2)N(CC2CC2(C)C)C1=O. The number of hydrogen-bond donors (Lipinski definition) is 1. The first-order chi connectivity index (χ1) is 8.49. The molecule has 3 unspecified atom stereocenters. The lowest BCUT2D eigenvalue weighted by atomic mass is 10.1. The Kier molecular flexibility index (Phi) is 2.75. The first-order valence-electron chi connectivity index (χ1n) is 6.59. The highest BCUT2D eigenvalue weighted by atomic mass is 32.1. The van der Waals surface area contributed by atoms with Crippen molar-refractivity contribution in [2.75, 3.05) is 6.54 Å². The third-order valence-electron chi connectivity index (χ3n) is 4.32. The van der Waals surface area contributed by atoms with Crippen molar-refractivity contribution in [3.63, 3.8) is 0 Å². The zero-order valence-electron chi connectivity index (χ0n) is 11.1. The van der Waals surface area contributed by atoms with E-state index in [1.165, 1.54) is 11.3 Å². The molecule has 3 atom stereocenters. The summed E-state index contributed by atoms with van der Waals surface area (Å²) in [7, 11) is 0. The summed E-state index contributed by atoms with van der Waals surface area (Å²) in [5.74, 6) is 0.909. The van der Waals surface area contributed by atoms with Crippen molar-refractivity contribution in [2.24, 2.45) is 11.3 Å². The smallest absolute Gasteiger partial charge is 0.241 e. The maximum absolute atomic E-state index is 12.3. The van der Waals surface area contributed by atoms with Crippen LogP contribution in [-0.2, 0) is 4.79 Å². The summed E-state index contributed by atoms with van der Waals surface area (Å²) in [6.45, 7) is 7.43. The van der Waals surface area contributed by atoms with E-state index in [0.717, 1.165) is 6.54 Å². The average Bonchev–Trinajstić information content (AvgIpc) is 2.75. The van der Waals surface area contributed by atoms with E-state index in [9.17, 15) is 4.79 Å². The molecule has 1 aliphatic carbocycles. The Bertz CT molecular complexity index is 454. The van der Waals surface area contributed by atoms with Gasteiger partial charge in [0.05, 0.1) is 6.04 Å². The minimum atomic E-state index is -0.0565. The number of carbonyl (C=O) groups is 1. The second-order valence-electron chi connectivity index (χ2n) is 6.19. The van der Waals surface area contributed by atoms with E-state index in [4.69, 9.17) is 0 Å². The molecule has 1 N–H and O–H groups in total. The summed E-state index contributed by atoms with van der Waals surface area (Å²) in [5, 5.41) is 5.48. The number of nitrogens with one attached hydrogen (secondary N) is 1. The van der Waals surface area contributed by atoms with Crippen molar-refractivity contribution < 1.29 is 4.79 Å². The van der Waals surface area contributed by atoms with Gasteiger partial charge in [-0.3, -0.25) is 10.1 Å². The Morgan fingerprint density at radius 1 is 1.56 bits per heavy atom. The van der Waals surface area contributed by atoms with Crippen LogP contribution in [0.25, 0.3) is 0 Å². The minimum Gasteiger partial charge on any atom is -0.320 e. The lowest BCUT2D eigenvalue weighted by Gasteiger charge is -2.24. The van der Waals surface area contributed by atoms with Gasteiger partial charge in [0.25, 0.3) is 0 Å². The molecule has 1 saturated carbocycles. The van der Waals surface area contributed by atoms with Crippen molar-refractivity contribution in [1.82, 2.24) is 10.2 Å². The maximum atomic E-state index is 12.3. The fourth-order valence-corrected chi connectivity index (χ4v) is 3.57. The highest BCUT2D eigenvalue weighted by molar-refractivity contribution is 7.10. The minimum absolute atomic E-state index is 0.0565. The number of hydrogen-bond acceptors (Lipinski definition) is 3. The third-order valence-corrected chi connectivity index (χ3v) is 5.25. The molecule has 1 aromatic rings. The van der Waals surface area contributed by atoms with Crippen molar-refractivity contribution in [3.05, 3.63) is 22.4 Å². The lowest BCUT2D eigenvalue weighted by Crippen LogP contribution is -2.32. The monoisotopic (exact) mass is 264 g/mol. The molecule has 4 heteroatoms. The second kappa shape index (κ2) is 4.07. The first kappa shape index (κ1) is 12.2. The Balaban J connectivity index is 1.78. The van der Waals surface area contributed by atoms with Crippen LogP contribution < -0.4 is 5.32 Å². The summed E-state index contributed by atoms with van der Waals surface area (Å²) in [5.41, 5.74) is 0.423. The van der Waals surface area contributed by atoms with E-state index in [1.54, 1.807) is 11.3 Å². The van der Waals surface area contributed by atoms with Gasteiger partial charge in [-0.1, -0.05) is 19.9 Å². The van der Waals surface area contributed by atoms with E-state index in [1.807, 2.05) is 17.9 Å². The zero-order valence-corrected chi connectivity index (χ0v) is 12.0. The van der Waals surface area contributed by atoms with Gasteiger partial charge in [-0.15, -0.1) is 11.3 Å². The summed E-state index contributed by atoms with van der Waals surface area (Å²) in [6, 6.07) is 4.10. The molecule has 98 valence electrons. The van der Waals surface area contributed by atoms with Crippen LogP contribution in [0.3, 0.4) is 0 Å². The van der Waals surface area contributed by atoms with Gasteiger partial charge < -0.3 is 4.90 Å². The maximum Gasteiger partial charge on any atom is 0.241 e. The van der Waals surface area contributed by atoms with Gasteiger partial charge in [0.1, 0.15) is 6.17 Å². The topological polar surface area (TPSA) is 32.3 Å². The molecule has 0 radical (unpaired) electrons. The standard InChI is InChI=1S/C14H20N2OS/c1-9-13(17)16(8-10-7-14(10,2)3)12(15-9)11-5-4-6-18-11/h4-6,9-10,12,15H,7-8H2,1-3H3. The van der Waals surface area contributed by atoms with Gasteiger partial charge in [0, 0.05) is 11.4 Å². The van der Waals surface area contributed by atoms with Gasteiger partial charge in [-0.25, -0.2) is 0 Å². The second-order valence-corrected chi connectivity index (χ2v) is 7.17. The van der Waals surface area contributed by atoms with Crippen LogP contribution >= 0.6 is 11.3 Å². The zero-order chi connectivity index (χ0) is 12.9. The molecule has 2 aliphatic rings. The van der Waals surface area contributed by atoms with Crippen molar-refractivity contribution in [2.45, 2.75) is 39.4 Å². The molecule has 3 rings (SSSR count). The van der Waals surface area contributed by atoms with Crippen LogP contribution in [0.2, 0.25) is 0 Å². The normalized spacial score (nSPS) is 34.1. The molecule has 3 nitrogen and oxygen atoms in total. The summed E-state index contributed by atoms with van der Waals surface area (Å²) in [4.78, 5) is 15.5. The number of thiophene rings is 1. The molecular formula is C14H20N2OS. The van der Waals surface area contributed by atoms with Crippen LogP contribution in [0, 0.1) is 11.3 Å². The Morgan fingerprint density at radius 3 is 2.83 bits per heavy atom. The molecule has 1 aromatic heterocycles. The Labute approximate surface area is 112 Å². The number of carbonyl (C=O) groups excluding carboxylic acids is 1. The molecule has 1 amide bonds. The van der Waals surface area contributed by atoms with E-state index < -0.39 is 0 Å². The van der Waals surface area contributed by atoms with Gasteiger partial charge in [-0.2, -0.15) is 0 Å². The number of nitrogens with zero attached hydrogens (tertiary/aromatic N) is 1. The Morgan fingerprint density at radius 2 is 2.28 bits per heavy atom. The van der Waals surface area contributed by atoms with Gasteiger partial charge in [0.2, 0.25) is 5.91 Å². The molecule has 2 heterocycles. The first-order valence-corrected chi connectivity index (χ1v) is 7.47. The average molecular weight is 264 g/mol. The van der Waals surface area contributed by atoms with Crippen LogP contribution in [-0.4, -0.2) is 23.4 Å². The van der Waals surface area contributed by atoms with Gasteiger partial charge in [-0.05, 0) is 36.1 Å². The largest absolute Gasteiger partial charge is 0.320 e. The number of amides is 1. The summed E-state index contributed by atoms with van der Waals surface area (Å²) < 4.78 is 0. The third kappa shape index (κ3) is 1.97. The molecule has 0 aromatic carbocycles. The van der Waals surface area contributed by atoms with E-state index in [2.05, 4.69) is 30.6 Å². The molecule has 1 saturated heterocycles. The highest BCUT2D eigenvalue weighted by Crippen LogP contribution is 2.52. The highest BCUT2D eigenvalue weighted by Gasteiger charge is 2.49. The number of rotatable bonds is 3. The molecule has 18 heavy (non-hydrogen) atoms. The van der Waals surface area contributed by atoms with Crippen LogP contribution in [0.15, 0.2) is 17.5 Å².